The molecule has 118 valence electrons. The monoisotopic (exact) mass is 300 g/mol. The summed E-state index contributed by atoms with van der Waals surface area (Å²) in [6.07, 6.45) is 3.08. The number of aromatic nitrogens is 2. The Labute approximate surface area is 131 Å². The molecule has 0 amide bonds. The third kappa shape index (κ3) is 4.16. The summed E-state index contributed by atoms with van der Waals surface area (Å²) in [5, 5.41) is 10.8. The van der Waals surface area contributed by atoms with E-state index >= 15 is 0 Å². The lowest BCUT2D eigenvalue weighted by Crippen LogP contribution is -2.37. The molecule has 2 heterocycles. The molecule has 2 N–H and O–H groups in total. The van der Waals surface area contributed by atoms with E-state index in [0.29, 0.717) is 0 Å². The number of aromatic amines is 1. The molecule has 2 aromatic rings. The summed E-state index contributed by atoms with van der Waals surface area (Å²) in [4.78, 5) is 2.47. The van der Waals surface area contributed by atoms with Gasteiger partial charge in [-0.05, 0) is 25.1 Å². The van der Waals surface area contributed by atoms with E-state index in [-0.39, 0.29) is 0 Å². The molecule has 1 aliphatic rings. The quantitative estimate of drug-likeness (QED) is 0.767. The van der Waals surface area contributed by atoms with Crippen LogP contribution in [0.1, 0.15) is 12.0 Å². The number of rotatable bonds is 7. The van der Waals surface area contributed by atoms with Gasteiger partial charge in [-0.3, -0.25) is 10.00 Å². The van der Waals surface area contributed by atoms with Crippen LogP contribution in [0.2, 0.25) is 0 Å². The first-order valence-corrected chi connectivity index (χ1v) is 8.02. The molecule has 1 saturated heterocycles. The maximum atomic E-state index is 5.36. The second-order valence-electron chi connectivity index (χ2n) is 5.62. The first kappa shape index (κ1) is 15.2. The predicted octanol–water partition coefficient (Wildman–Crippen LogP) is 1.89. The van der Waals surface area contributed by atoms with E-state index in [1.165, 1.54) is 17.5 Å². The molecule has 0 bridgehead atoms. The summed E-state index contributed by atoms with van der Waals surface area (Å²) in [5.41, 5.74) is 3.52. The van der Waals surface area contributed by atoms with Crippen molar-refractivity contribution in [1.29, 1.82) is 0 Å². The van der Waals surface area contributed by atoms with E-state index < -0.39 is 0 Å². The predicted molar refractivity (Wildman–Crippen MR) is 87.6 cm³/mol. The Balaban J connectivity index is 1.42. The number of morpholine rings is 1. The third-order valence-corrected chi connectivity index (χ3v) is 4.03. The number of ether oxygens (including phenoxy) is 1. The lowest BCUT2D eigenvalue weighted by atomic mass is 10.1. The van der Waals surface area contributed by atoms with Crippen LogP contribution in [0.5, 0.6) is 0 Å². The van der Waals surface area contributed by atoms with Gasteiger partial charge in [0.15, 0.2) is 0 Å². The molecule has 5 nitrogen and oxygen atoms in total. The van der Waals surface area contributed by atoms with Crippen molar-refractivity contribution >= 4 is 0 Å². The summed E-state index contributed by atoms with van der Waals surface area (Å²) in [6, 6.07) is 10.3. The van der Waals surface area contributed by atoms with Crippen LogP contribution in [0.15, 0.2) is 36.5 Å². The van der Waals surface area contributed by atoms with Gasteiger partial charge >= 0.3 is 0 Å². The van der Waals surface area contributed by atoms with E-state index in [1.54, 1.807) is 0 Å². The number of benzene rings is 1. The zero-order valence-electron chi connectivity index (χ0n) is 12.9. The van der Waals surface area contributed by atoms with Crippen LogP contribution in [-0.2, 0) is 11.3 Å². The highest BCUT2D eigenvalue weighted by Gasteiger charge is 2.09. The van der Waals surface area contributed by atoms with Crippen molar-refractivity contribution in [2.24, 2.45) is 0 Å². The fourth-order valence-electron chi connectivity index (χ4n) is 2.78. The zero-order valence-corrected chi connectivity index (χ0v) is 12.9. The summed E-state index contributed by atoms with van der Waals surface area (Å²) in [7, 11) is 0. The molecule has 5 heteroatoms. The molecule has 1 aromatic carbocycles. The highest BCUT2D eigenvalue weighted by molar-refractivity contribution is 5.62. The summed E-state index contributed by atoms with van der Waals surface area (Å²) >= 11 is 0. The van der Waals surface area contributed by atoms with Crippen molar-refractivity contribution in [3.8, 4) is 11.3 Å². The Morgan fingerprint density at radius 3 is 2.82 bits per heavy atom. The van der Waals surface area contributed by atoms with Gasteiger partial charge in [0.05, 0.1) is 25.1 Å². The minimum atomic E-state index is 0.851. The molecule has 0 saturated carbocycles. The maximum Gasteiger partial charge on any atom is 0.0695 e. The molecule has 0 unspecified atom stereocenters. The van der Waals surface area contributed by atoms with E-state index in [1.807, 2.05) is 12.3 Å². The van der Waals surface area contributed by atoms with Crippen LogP contribution in [0.25, 0.3) is 11.3 Å². The SMILES string of the molecule is c1ccc(-c2[nH]ncc2CNCCCN2CCOCC2)cc1. The molecule has 1 aromatic heterocycles. The van der Waals surface area contributed by atoms with Crippen LogP contribution in [0, 0.1) is 0 Å². The number of nitrogens with one attached hydrogen (secondary N) is 2. The van der Waals surface area contributed by atoms with E-state index in [2.05, 4.69) is 44.7 Å². The van der Waals surface area contributed by atoms with Crippen LogP contribution < -0.4 is 5.32 Å². The first-order chi connectivity index (χ1) is 10.9. The molecule has 1 aliphatic heterocycles. The lowest BCUT2D eigenvalue weighted by Gasteiger charge is -2.26. The van der Waals surface area contributed by atoms with Crippen molar-refractivity contribution in [3.05, 3.63) is 42.1 Å². The number of H-pyrrole nitrogens is 1. The molecule has 22 heavy (non-hydrogen) atoms. The van der Waals surface area contributed by atoms with Gasteiger partial charge in [-0.25, -0.2) is 0 Å². The molecule has 3 rings (SSSR count). The van der Waals surface area contributed by atoms with Crippen LogP contribution in [0.3, 0.4) is 0 Å². The van der Waals surface area contributed by atoms with E-state index in [9.17, 15) is 0 Å². The second kappa shape index (κ2) is 8.08. The van der Waals surface area contributed by atoms with E-state index in [0.717, 1.165) is 51.6 Å². The van der Waals surface area contributed by atoms with Gasteiger partial charge in [0.2, 0.25) is 0 Å². The largest absolute Gasteiger partial charge is 0.379 e. The Kier molecular flexibility index (Phi) is 5.59. The van der Waals surface area contributed by atoms with Crippen molar-refractivity contribution in [2.45, 2.75) is 13.0 Å². The lowest BCUT2D eigenvalue weighted by molar-refractivity contribution is 0.0374. The zero-order chi connectivity index (χ0) is 15.0. The standard InChI is InChI=1S/C17H24N4O/c1-2-5-15(6-3-1)17-16(14-19-20-17)13-18-7-4-8-21-9-11-22-12-10-21/h1-3,5-6,14,18H,4,7-13H2,(H,19,20). The highest BCUT2D eigenvalue weighted by atomic mass is 16.5. The fraction of sp³-hybridized carbons (Fsp3) is 0.471. The minimum absolute atomic E-state index is 0.851. The van der Waals surface area contributed by atoms with Crippen molar-refractivity contribution < 1.29 is 4.74 Å². The molecule has 1 fully saturated rings. The maximum absolute atomic E-state index is 5.36. The van der Waals surface area contributed by atoms with Crippen molar-refractivity contribution in [1.82, 2.24) is 20.4 Å². The number of hydrogen-bond donors (Lipinski definition) is 2. The highest BCUT2D eigenvalue weighted by Crippen LogP contribution is 2.20. The van der Waals surface area contributed by atoms with Gasteiger partial charge in [0.1, 0.15) is 0 Å². The smallest absolute Gasteiger partial charge is 0.0695 e. The molecule has 0 aliphatic carbocycles. The second-order valence-corrected chi connectivity index (χ2v) is 5.62. The first-order valence-electron chi connectivity index (χ1n) is 8.02. The molecule has 0 spiro atoms. The summed E-state index contributed by atoms with van der Waals surface area (Å²) in [6.45, 7) is 6.92. The van der Waals surface area contributed by atoms with Gasteiger partial charge in [-0.1, -0.05) is 30.3 Å². The van der Waals surface area contributed by atoms with Crippen molar-refractivity contribution in [3.63, 3.8) is 0 Å². The van der Waals surface area contributed by atoms with Gasteiger partial charge in [-0.2, -0.15) is 5.10 Å². The normalized spacial score (nSPS) is 16.0. The van der Waals surface area contributed by atoms with E-state index in [4.69, 9.17) is 4.74 Å². The molecule has 0 radical (unpaired) electrons. The average Bonchev–Trinajstić information content (AvgIpc) is 3.05. The Hall–Kier alpha value is -1.69. The summed E-state index contributed by atoms with van der Waals surface area (Å²) < 4.78 is 5.36. The molecular weight excluding hydrogens is 276 g/mol. The number of nitrogens with zero attached hydrogens (tertiary/aromatic N) is 2. The summed E-state index contributed by atoms with van der Waals surface area (Å²) in [5.74, 6) is 0. The molecule has 0 atom stereocenters. The van der Waals surface area contributed by atoms with Gasteiger partial charge < -0.3 is 10.1 Å². The third-order valence-electron chi connectivity index (χ3n) is 4.03. The Bertz CT molecular complexity index is 549. The topological polar surface area (TPSA) is 53.2 Å². The van der Waals surface area contributed by atoms with Crippen LogP contribution >= 0.6 is 0 Å². The van der Waals surface area contributed by atoms with Gasteiger partial charge in [-0.15, -0.1) is 0 Å². The average molecular weight is 300 g/mol. The Morgan fingerprint density at radius 1 is 1.18 bits per heavy atom. The van der Waals surface area contributed by atoms with Crippen LogP contribution in [-0.4, -0.2) is 54.5 Å². The molecular formula is C17H24N4O. The van der Waals surface area contributed by atoms with Gasteiger partial charge in [0, 0.05) is 25.2 Å². The Morgan fingerprint density at radius 2 is 2.00 bits per heavy atom. The minimum Gasteiger partial charge on any atom is -0.379 e. The van der Waals surface area contributed by atoms with Crippen molar-refractivity contribution in [2.75, 3.05) is 39.4 Å². The fourth-order valence-corrected chi connectivity index (χ4v) is 2.78. The van der Waals surface area contributed by atoms with Crippen LogP contribution in [0.4, 0.5) is 0 Å². The van der Waals surface area contributed by atoms with Gasteiger partial charge in [0.25, 0.3) is 0 Å². The number of hydrogen-bond acceptors (Lipinski definition) is 4.